The number of nitrogens with zero attached hydrogens (tertiary/aromatic N) is 1. The van der Waals surface area contributed by atoms with E-state index in [9.17, 15) is 13.2 Å². The highest BCUT2D eigenvalue weighted by atomic mass is 32.3. The van der Waals surface area contributed by atoms with Gasteiger partial charge in [-0.05, 0) is 30.1 Å². The van der Waals surface area contributed by atoms with Crippen LogP contribution in [-0.2, 0) is 19.6 Å². The van der Waals surface area contributed by atoms with E-state index in [2.05, 4.69) is 9.62 Å². The van der Waals surface area contributed by atoms with Crippen molar-refractivity contribution in [1.82, 2.24) is 9.62 Å². The van der Waals surface area contributed by atoms with E-state index in [0.29, 0.717) is 19.7 Å². The lowest BCUT2D eigenvalue weighted by Crippen LogP contribution is -2.36. The second kappa shape index (κ2) is 7.28. The molecule has 22 heavy (non-hydrogen) atoms. The molecule has 3 N–H and O–H groups in total. The number of sulfonamides is 1. The first-order valence-corrected chi connectivity index (χ1v) is 9.91. The second-order valence-corrected chi connectivity index (χ2v) is 8.99. The molecular formula is C12H19N3O4S3. The molecule has 1 atom stereocenters. The Morgan fingerprint density at radius 1 is 1.59 bits per heavy atom. The summed E-state index contributed by atoms with van der Waals surface area (Å²) in [6.07, 6.45) is 0. The average molecular weight is 366 g/mol. The van der Waals surface area contributed by atoms with Gasteiger partial charge >= 0.3 is 5.97 Å². The summed E-state index contributed by atoms with van der Waals surface area (Å²) < 4.78 is 31.2. The van der Waals surface area contributed by atoms with Crippen LogP contribution in [0.25, 0.3) is 0 Å². The van der Waals surface area contributed by atoms with Crippen molar-refractivity contribution in [2.75, 3.05) is 26.2 Å². The molecule has 0 bridgehead atoms. The van der Waals surface area contributed by atoms with Crippen LogP contribution in [0.3, 0.4) is 0 Å². The summed E-state index contributed by atoms with van der Waals surface area (Å²) in [5, 5.41) is 8.56. The Bertz CT molecular complexity index is 644. The van der Waals surface area contributed by atoms with Gasteiger partial charge in [0.05, 0.1) is 4.21 Å². The van der Waals surface area contributed by atoms with Gasteiger partial charge in [-0.15, -0.1) is 11.3 Å². The van der Waals surface area contributed by atoms with Crippen LogP contribution in [0.2, 0.25) is 0 Å². The van der Waals surface area contributed by atoms with Crippen molar-refractivity contribution in [1.29, 1.82) is 0 Å². The van der Waals surface area contributed by atoms with E-state index in [1.165, 1.54) is 30.2 Å². The van der Waals surface area contributed by atoms with Crippen molar-refractivity contribution in [3.05, 3.63) is 11.6 Å². The molecule has 0 saturated heterocycles. The lowest BCUT2D eigenvalue weighted by Gasteiger charge is -2.31. The van der Waals surface area contributed by atoms with Crippen LogP contribution in [0.4, 0.5) is 0 Å². The van der Waals surface area contributed by atoms with E-state index in [0.717, 1.165) is 16.3 Å². The molecule has 0 saturated carbocycles. The van der Waals surface area contributed by atoms with Crippen molar-refractivity contribution < 1.29 is 17.9 Å². The van der Waals surface area contributed by atoms with E-state index in [1.54, 1.807) is 6.07 Å². The summed E-state index contributed by atoms with van der Waals surface area (Å²) in [6, 6.07) is 1.68. The Labute approximate surface area is 138 Å². The molecule has 10 heteroatoms. The Hall–Kier alpha value is -0.650. The molecule has 124 valence electrons. The summed E-state index contributed by atoms with van der Waals surface area (Å²) in [6.45, 7) is 5.73. The molecule has 7 nitrogen and oxygen atoms in total. The van der Waals surface area contributed by atoms with Gasteiger partial charge in [-0.3, -0.25) is 4.79 Å². The zero-order valence-corrected chi connectivity index (χ0v) is 14.8. The third-order valence-corrected chi connectivity index (χ3v) is 6.88. The Kier molecular flexibility index (Phi) is 5.86. The fraction of sp³-hybridized carbons (Fsp3) is 0.583. The van der Waals surface area contributed by atoms with Crippen LogP contribution >= 0.6 is 23.3 Å². The number of ether oxygens (including phenoxy) is 1. The van der Waals surface area contributed by atoms with Crippen molar-refractivity contribution in [2.24, 2.45) is 5.14 Å². The minimum Gasteiger partial charge on any atom is -0.464 e. The van der Waals surface area contributed by atoms with Crippen LogP contribution in [0.15, 0.2) is 14.5 Å². The van der Waals surface area contributed by atoms with Crippen LogP contribution in [0, 0.1) is 0 Å². The summed E-state index contributed by atoms with van der Waals surface area (Å²) in [5.74, 6) is -0.307. The summed E-state index contributed by atoms with van der Waals surface area (Å²) in [4.78, 5) is 10.8. The van der Waals surface area contributed by atoms with Gasteiger partial charge in [0.25, 0.3) is 0 Å². The van der Waals surface area contributed by atoms with Gasteiger partial charge in [0.1, 0.15) is 10.8 Å². The Morgan fingerprint density at radius 2 is 2.32 bits per heavy atom. The number of thiophene rings is 1. The maximum absolute atomic E-state index is 11.5. The highest BCUT2D eigenvalue weighted by Gasteiger charge is 2.30. The Morgan fingerprint density at radius 3 is 2.91 bits per heavy atom. The fourth-order valence-electron chi connectivity index (χ4n) is 2.13. The summed E-state index contributed by atoms with van der Waals surface area (Å²) in [7, 11) is -3.69. The van der Waals surface area contributed by atoms with Crippen molar-refractivity contribution in [2.45, 2.75) is 28.3 Å². The topological polar surface area (TPSA) is 102 Å². The van der Waals surface area contributed by atoms with E-state index >= 15 is 0 Å². The molecule has 0 spiro atoms. The molecule has 1 aromatic heterocycles. The monoisotopic (exact) mass is 365 g/mol. The van der Waals surface area contributed by atoms with Gasteiger partial charge in [-0.2, -0.15) is 0 Å². The van der Waals surface area contributed by atoms with Crippen LogP contribution in [0.5, 0.6) is 0 Å². The molecular weight excluding hydrogens is 346 g/mol. The quantitative estimate of drug-likeness (QED) is 0.571. The molecule has 0 aromatic carbocycles. The predicted octanol–water partition coefficient (Wildman–Crippen LogP) is 0.932. The lowest BCUT2D eigenvalue weighted by atomic mass is 10.1. The number of likely N-dealkylation sites (N-methyl/N-ethyl adjacent to an activating group) is 1. The maximum atomic E-state index is 11.5. The molecule has 0 radical (unpaired) electrons. The number of nitrogens with two attached hydrogens (primary N) is 1. The fourth-order valence-corrected chi connectivity index (χ4v) is 5.64. The number of primary sulfonamides is 1. The van der Waals surface area contributed by atoms with E-state index in [4.69, 9.17) is 9.88 Å². The number of rotatable bonds is 6. The molecule has 0 fully saturated rings. The van der Waals surface area contributed by atoms with Crippen LogP contribution < -0.4 is 10.5 Å². The van der Waals surface area contributed by atoms with Gasteiger partial charge in [-0.25, -0.2) is 17.9 Å². The number of carbonyl (C=O) groups excluding carboxylic acids is 1. The number of hydrogen-bond acceptors (Lipinski definition) is 8. The first-order chi connectivity index (χ1) is 10.3. The van der Waals surface area contributed by atoms with Crippen LogP contribution in [-0.4, -0.2) is 44.9 Å². The molecule has 2 rings (SSSR count). The molecule has 1 aromatic rings. The first kappa shape index (κ1) is 17.7. The highest BCUT2D eigenvalue weighted by molar-refractivity contribution is 7.99. The number of carbonyl (C=O) groups is 1. The molecule has 1 aliphatic heterocycles. The van der Waals surface area contributed by atoms with E-state index in [1.807, 2.05) is 6.92 Å². The van der Waals surface area contributed by atoms with Gasteiger partial charge < -0.3 is 10.1 Å². The number of esters is 1. The van der Waals surface area contributed by atoms with Crippen LogP contribution in [0.1, 0.15) is 25.5 Å². The number of nitrogens with one attached hydrogen (secondary N) is 1. The number of hydrogen-bond donors (Lipinski definition) is 2. The summed E-state index contributed by atoms with van der Waals surface area (Å²) >= 11 is 2.65. The molecule has 0 amide bonds. The molecule has 1 aliphatic rings. The van der Waals surface area contributed by atoms with E-state index in [-0.39, 0.29) is 16.2 Å². The van der Waals surface area contributed by atoms with Gasteiger partial charge in [-0.1, -0.05) is 6.92 Å². The SMILES string of the molecule is CCN[C@H]1CN(CCOC(C)=O)Sc2sc(S(N)(=O)=O)cc21. The van der Waals surface area contributed by atoms with Crippen molar-refractivity contribution in [3.8, 4) is 0 Å². The minimum atomic E-state index is -3.69. The zero-order valence-electron chi connectivity index (χ0n) is 12.4. The van der Waals surface area contributed by atoms with Crippen molar-refractivity contribution in [3.63, 3.8) is 0 Å². The smallest absolute Gasteiger partial charge is 0.302 e. The third kappa shape index (κ3) is 4.43. The van der Waals surface area contributed by atoms with Gasteiger partial charge in [0.2, 0.25) is 10.0 Å². The molecule has 2 heterocycles. The Balaban J connectivity index is 2.16. The third-order valence-electron chi connectivity index (χ3n) is 3.05. The summed E-state index contributed by atoms with van der Waals surface area (Å²) in [5.41, 5.74) is 0.963. The highest BCUT2D eigenvalue weighted by Crippen LogP contribution is 2.43. The van der Waals surface area contributed by atoms with Crippen molar-refractivity contribution >= 4 is 39.3 Å². The average Bonchev–Trinajstić information content (AvgIpc) is 2.82. The maximum Gasteiger partial charge on any atom is 0.302 e. The largest absolute Gasteiger partial charge is 0.464 e. The zero-order chi connectivity index (χ0) is 16.3. The lowest BCUT2D eigenvalue weighted by molar-refractivity contribution is -0.141. The van der Waals surface area contributed by atoms with E-state index < -0.39 is 10.0 Å². The molecule has 0 unspecified atom stereocenters. The second-order valence-electron chi connectivity index (χ2n) is 4.78. The minimum absolute atomic E-state index is 0.0327. The van der Waals surface area contributed by atoms with Gasteiger partial charge in [0.15, 0.2) is 0 Å². The predicted molar refractivity (Wildman–Crippen MR) is 86.2 cm³/mol. The number of fused-ring (bicyclic) bond motifs is 1. The normalized spacial score (nSPS) is 19.0. The standard InChI is InChI=1S/C12H19N3O4S3/c1-3-14-10-7-15(4-5-19-8(2)16)21-12-9(10)6-11(20-12)22(13,17)18/h6,10,14H,3-5,7H2,1-2H3,(H2,13,17,18)/t10-/m0/s1. The van der Waals surface area contributed by atoms with Gasteiger partial charge in [0, 0.05) is 26.1 Å². The molecule has 0 aliphatic carbocycles. The first-order valence-electron chi connectivity index (χ1n) is 6.77.